The van der Waals surface area contributed by atoms with E-state index in [-0.39, 0.29) is 5.38 Å². The molecule has 3 rings (SSSR count). The van der Waals surface area contributed by atoms with Crippen LogP contribution in [0.3, 0.4) is 0 Å². The molecule has 2 aliphatic carbocycles. The maximum Gasteiger partial charge on any atom is 0.226 e. The van der Waals surface area contributed by atoms with Crippen molar-refractivity contribution in [3.8, 4) is 0 Å². The lowest BCUT2D eigenvalue weighted by molar-refractivity contribution is -0.138. The largest absolute Gasteiger partial charge is 0.341 e. The highest BCUT2D eigenvalue weighted by Gasteiger charge is 2.44. The standard InChI is InChI=1S/C13H20ClNO/c14-11-2-1-5-15(8-11)13(16)12-7-9-3-4-10(12)6-9/h9-12H,1-8H2. The first-order valence-electron chi connectivity index (χ1n) is 6.67. The van der Waals surface area contributed by atoms with Crippen molar-refractivity contribution >= 4 is 17.5 Å². The van der Waals surface area contributed by atoms with Crippen molar-refractivity contribution in [2.24, 2.45) is 17.8 Å². The van der Waals surface area contributed by atoms with E-state index in [2.05, 4.69) is 0 Å². The highest BCUT2D eigenvalue weighted by atomic mass is 35.5. The molecule has 2 saturated carbocycles. The van der Waals surface area contributed by atoms with Crippen LogP contribution in [0.4, 0.5) is 0 Å². The van der Waals surface area contributed by atoms with Gasteiger partial charge in [-0.1, -0.05) is 6.42 Å². The van der Waals surface area contributed by atoms with Crippen molar-refractivity contribution in [1.29, 1.82) is 0 Å². The number of hydrogen-bond donors (Lipinski definition) is 0. The summed E-state index contributed by atoms with van der Waals surface area (Å²) in [5, 5.41) is 0.191. The molecule has 2 nitrogen and oxygen atoms in total. The highest BCUT2D eigenvalue weighted by molar-refractivity contribution is 6.20. The average molecular weight is 242 g/mol. The predicted molar refractivity (Wildman–Crippen MR) is 64.4 cm³/mol. The zero-order valence-electron chi connectivity index (χ0n) is 9.70. The van der Waals surface area contributed by atoms with Gasteiger partial charge in [-0.3, -0.25) is 4.79 Å². The van der Waals surface area contributed by atoms with Crippen LogP contribution in [-0.2, 0) is 4.79 Å². The summed E-state index contributed by atoms with van der Waals surface area (Å²) in [6, 6.07) is 0. The molecule has 0 spiro atoms. The van der Waals surface area contributed by atoms with E-state index in [0.717, 1.165) is 38.3 Å². The summed E-state index contributed by atoms with van der Waals surface area (Å²) < 4.78 is 0. The summed E-state index contributed by atoms with van der Waals surface area (Å²) in [6.07, 6.45) is 7.29. The van der Waals surface area contributed by atoms with E-state index in [4.69, 9.17) is 11.6 Å². The van der Waals surface area contributed by atoms with Crippen molar-refractivity contribution in [3.05, 3.63) is 0 Å². The minimum Gasteiger partial charge on any atom is -0.341 e. The molecule has 3 fully saturated rings. The van der Waals surface area contributed by atoms with E-state index in [1.165, 1.54) is 19.3 Å². The fourth-order valence-corrected chi connectivity index (χ4v) is 4.23. The Labute approximate surface area is 102 Å². The van der Waals surface area contributed by atoms with Gasteiger partial charge >= 0.3 is 0 Å². The van der Waals surface area contributed by atoms with Crippen LogP contribution in [0.2, 0.25) is 0 Å². The lowest BCUT2D eigenvalue weighted by Gasteiger charge is -2.34. The number of amides is 1. The number of halogens is 1. The Balaban J connectivity index is 1.64. The van der Waals surface area contributed by atoms with Crippen LogP contribution in [0.1, 0.15) is 38.5 Å². The topological polar surface area (TPSA) is 20.3 Å². The SMILES string of the molecule is O=C(C1CC2CCC1C2)N1CCCC(Cl)C1. The molecular formula is C13H20ClNO. The van der Waals surface area contributed by atoms with Gasteiger partial charge in [0, 0.05) is 19.0 Å². The molecule has 1 heterocycles. The Hall–Kier alpha value is -0.240. The molecular weight excluding hydrogens is 222 g/mol. The number of hydrogen-bond acceptors (Lipinski definition) is 1. The minimum atomic E-state index is 0.191. The second-order valence-corrected chi connectivity index (χ2v) is 6.42. The Kier molecular flexibility index (Phi) is 2.87. The van der Waals surface area contributed by atoms with Gasteiger partial charge in [0.1, 0.15) is 0 Å². The van der Waals surface area contributed by atoms with Crippen LogP contribution in [0.5, 0.6) is 0 Å². The van der Waals surface area contributed by atoms with Gasteiger partial charge in [-0.05, 0) is 43.9 Å². The third-order valence-electron chi connectivity index (χ3n) is 4.73. The zero-order valence-corrected chi connectivity index (χ0v) is 10.5. The van der Waals surface area contributed by atoms with Gasteiger partial charge < -0.3 is 4.90 Å². The van der Waals surface area contributed by atoms with Crippen molar-refractivity contribution in [2.45, 2.75) is 43.9 Å². The van der Waals surface area contributed by atoms with E-state index in [9.17, 15) is 4.79 Å². The van der Waals surface area contributed by atoms with E-state index in [1.807, 2.05) is 4.90 Å². The third-order valence-corrected chi connectivity index (χ3v) is 5.09. The molecule has 0 aromatic rings. The van der Waals surface area contributed by atoms with Crippen LogP contribution in [0.15, 0.2) is 0 Å². The first-order chi connectivity index (χ1) is 7.74. The summed E-state index contributed by atoms with van der Waals surface area (Å²) in [5.41, 5.74) is 0. The molecule has 1 amide bonds. The fourth-order valence-electron chi connectivity index (χ4n) is 3.91. The van der Waals surface area contributed by atoms with Gasteiger partial charge in [0.15, 0.2) is 0 Å². The predicted octanol–water partition coefficient (Wildman–Crippen LogP) is 2.65. The third kappa shape index (κ3) is 1.85. The lowest BCUT2D eigenvalue weighted by Crippen LogP contribution is -2.44. The quantitative estimate of drug-likeness (QED) is 0.647. The molecule has 2 bridgehead atoms. The summed E-state index contributed by atoms with van der Waals surface area (Å²) in [7, 11) is 0. The molecule has 0 aromatic heterocycles. The maximum absolute atomic E-state index is 12.4. The molecule has 4 unspecified atom stereocenters. The fraction of sp³-hybridized carbons (Fsp3) is 0.923. The minimum absolute atomic E-state index is 0.191. The van der Waals surface area contributed by atoms with Crippen LogP contribution in [0.25, 0.3) is 0 Å². The summed E-state index contributed by atoms with van der Waals surface area (Å²) >= 11 is 6.15. The number of fused-ring (bicyclic) bond motifs is 2. The normalized spacial score (nSPS) is 42.7. The second-order valence-electron chi connectivity index (χ2n) is 5.81. The molecule has 0 radical (unpaired) electrons. The maximum atomic E-state index is 12.4. The van der Waals surface area contributed by atoms with Crippen molar-refractivity contribution < 1.29 is 4.79 Å². The van der Waals surface area contributed by atoms with Gasteiger partial charge in [0.05, 0.1) is 5.38 Å². The molecule has 0 aromatic carbocycles. The van der Waals surface area contributed by atoms with Crippen LogP contribution >= 0.6 is 11.6 Å². The zero-order chi connectivity index (χ0) is 11.1. The van der Waals surface area contributed by atoms with E-state index in [0.29, 0.717) is 17.7 Å². The number of carbonyl (C=O) groups is 1. The Morgan fingerprint density at radius 3 is 2.69 bits per heavy atom. The van der Waals surface area contributed by atoms with Gasteiger partial charge in [0.25, 0.3) is 0 Å². The molecule has 3 heteroatoms. The van der Waals surface area contributed by atoms with Gasteiger partial charge in [0.2, 0.25) is 5.91 Å². The first kappa shape index (κ1) is 10.9. The molecule has 90 valence electrons. The van der Waals surface area contributed by atoms with E-state index < -0.39 is 0 Å². The lowest BCUT2D eigenvalue weighted by atomic mass is 9.87. The molecule has 16 heavy (non-hydrogen) atoms. The average Bonchev–Trinajstić information content (AvgIpc) is 2.89. The van der Waals surface area contributed by atoms with Crippen molar-refractivity contribution in [2.75, 3.05) is 13.1 Å². The van der Waals surface area contributed by atoms with Gasteiger partial charge in [-0.2, -0.15) is 0 Å². The summed E-state index contributed by atoms with van der Waals surface area (Å²) in [4.78, 5) is 14.4. The second kappa shape index (κ2) is 4.21. The molecule has 3 aliphatic rings. The smallest absolute Gasteiger partial charge is 0.226 e. The molecule has 4 atom stereocenters. The summed E-state index contributed by atoms with van der Waals surface area (Å²) in [6.45, 7) is 1.73. The summed E-state index contributed by atoms with van der Waals surface area (Å²) in [5.74, 6) is 2.32. The number of piperidine rings is 1. The van der Waals surface area contributed by atoms with Crippen LogP contribution in [0, 0.1) is 17.8 Å². The van der Waals surface area contributed by atoms with Crippen LogP contribution in [-0.4, -0.2) is 29.3 Å². The number of carbonyl (C=O) groups excluding carboxylic acids is 1. The van der Waals surface area contributed by atoms with Crippen molar-refractivity contribution in [3.63, 3.8) is 0 Å². The Morgan fingerprint density at radius 2 is 2.06 bits per heavy atom. The van der Waals surface area contributed by atoms with E-state index >= 15 is 0 Å². The molecule has 0 N–H and O–H groups in total. The van der Waals surface area contributed by atoms with E-state index in [1.54, 1.807) is 0 Å². The number of alkyl halides is 1. The van der Waals surface area contributed by atoms with Crippen LogP contribution < -0.4 is 0 Å². The van der Waals surface area contributed by atoms with Crippen molar-refractivity contribution in [1.82, 2.24) is 4.90 Å². The van der Waals surface area contributed by atoms with Gasteiger partial charge in [-0.25, -0.2) is 0 Å². The first-order valence-corrected chi connectivity index (χ1v) is 7.10. The highest BCUT2D eigenvalue weighted by Crippen LogP contribution is 2.49. The van der Waals surface area contributed by atoms with Gasteiger partial charge in [-0.15, -0.1) is 11.6 Å². The molecule has 1 saturated heterocycles. The number of nitrogens with zero attached hydrogens (tertiary/aromatic N) is 1. The molecule has 1 aliphatic heterocycles. The Morgan fingerprint density at radius 1 is 1.19 bits per heavy atom. The number of likely N-dealkylation sites (tertiary alicyclic amines) is 1. The Bertz CT molecular complexity index is 294. The monoisotopic (exact) mass is 241 g/mol. The number of rotatable bonds is 1.